The maximum Gasteiger partial charge on any atom is 0.192 e. The molecule has 2 heterocycles. The van der Waals surface area contributed by atoms with Crippen LogP contribution in [0.3, 0.4) is 0 Å². The number of allylic oxidation sites excluding steroid dienone is 6. The summed E-state index contributed by atoms with van der Waals surface area (Å²) >= 11 is 3.38. The van der Waals surface area contributed by atoms with Gasteiger partial charge in [0.05, 0.1) is 10.7 Å². The van der Waals surface area contributed by atoms with Crippen molar-refractivity contribution in [1.82, 2.24) is 9.97 Å². The van der Waals surface area contributed by atoms with Gasteiger partial charge in [-0.2, -0.15) is 0 Å². The molecule has 3 aromatic carbocycles. The molecule has 2 aliphatic rings. The molecule has 1 aromatic heterocycles. The summed E-state index contributed by atoms with van der Waals surface area (Å²) in [6, 6.07) is 24.3. The van der Waals surface area contributed by atoms with Crippen LogP contribution in [0, 0.1) is 0 Å². The smallest absolute Gasteiger partial charge is 0.192 e. The summed E-state index contributed by atoms with van der Waals surface area (Å²) in [5.41, 5.74) is 4.34. The van der Waals surface area contributed by atoms with E-state index in [9.17, 15) is 4.79 Å². The summed E-state index contributed by atoms with van der Waals surface area (Å²) < 4.78 is 0. The first-order valence-corrected chi connectivity index (χ1v) is 14.7. The number of rotatable bonds is 7. The molecule has 6 heteroatoms. The average Bonchev–Trinajstić information content (AvgIpc) is 3.54. The zero-order valence-electron chi connectivity index (χ0n) is 21.6. The highest BCUT2D eigenvalue weighted by Gasteiger charge is 2.24. The molecule has 39 heavy (non-hydrogen) atoms. The highest BCUT2D eigenvalue weighted by atomic mass is 32.2. The van der Waals surface area contributed by atoms with E-state index in [1.54, 1.807) is 42.0 Å². The number of para-hydroxylation sites is 1. The van der Waals surface area contributed by atoms with Crippen molar-refractivity contribution >= 4 is 45.8 Å². The number of anilines is 1. The first kappa shape index (κ1) is 25.4. The van der Waals surface area contributed by atoms with Crippen LogP contribution in [0.25, 0.3) is 10.8 Å². The molecule has 4 aromatic rings. The number of nitrogens with zero attached hydrogens (tertiary/aromatic N) is 3. The number of hydrogen-bond acceptors (Lipinski definition) is 6. The SMILES string of the molecule is CCN1/C(=C/C=C2\CCC(/C=C/C(=O)c3ccc4ccccc4c3)=C2Sc2ncccn2)Sc2ccccc21. The lowest BCUT2D eigenvalue weighted by Crippen LogP contribution is -2.16. The molecule has 192 valence electrons. The van der Waals surface area contributed by atoms with Crippen molar-refractivity contribution in [2.75, 3.05) is 11.4 Å². The Bertz CT molecular complexity index is 1670. The summed E-state index contributed by atoms with van der Waals surface area (Å²) in [7, 11) is 0. The summed E-state index contributed by atoms with van der Waals surface area (Å²) in [6.45, 7) is 3.10. The minimum Gasteiger partial charge on any atom is -0.335 e. The maximum atomic E-state index is 13.1. The number of carbonyl (C=O) groups excluding carboxylic acids is 1. The normalized spacial score (nSPS) is 17.2. The van der Waals surface area contributed by atoms with Crippen LogP contribution >= 0.6 is 23.5 Å². The van der Waals surface area contributed by atoms with Crippen molar-refractivity contribution in [3.63, 3.8) is 0 Å². The van der Waals surface area contributed by atoms with E-state index >= 15 is 0 Å². The second-order valence-electron chi connectivity index (χ2n) is 9.26. The van der Waals surface area contributed by atoms with E-state index in [1.165, 1.54) is 21.2 Å². The fraction of sp³-hybridized carbons (Fsp3) is 0.121. The number of aromatic nitrogens is 2. The van der Waals surface area contributed by atoms with Gasteiger partial charge in [0.1, 0.15) is 0 Å². The molecule has 0 atom stereocenters. The largest absolute Gasteiger partial charge is 0.335 e. The monoisotopic (exact) mass is 545 g/mol. The predicted octanol–water partition coefficient (Wildman–Crippen LogP) is 8.61. The summed E-state index contributed by atoms with van der Waals surface area (Å²) in [5, 5.41) is 4.13. The number of benzene rings is 3. The quantitative estimate of drug-likeness (QED) is 0.132. The fourth-order valence-corrected chi connectivity index (χ4v) is 7.01. The lowest BCUT2D eigenvalue weighted by Gasteiger charge is -2.17. The number of ketones is 1. The van der Waals surface area contributed by atoms with Crippen LogP contribution < -0.4 is 4.90 Å². The Morgan fingerprint density at radius 2 is 1.74 bits per heavy atom. The Labute approximate surface area is 237 Å². The molecule has 1 aliphatic carbocycles. The first-order chi connectivity index (χ1) is 19.2. The third kappa shape index (κ3) is 5.49. The summed E-state index contributed by atoms with van der Waals surface area (Å²) in [6.07, 6.45) is 13.5. The molecular weight excluding hydrogens is 519 g/mol. The van der Waals surface area contributed by atoms with Gasteiger partial charge < -0.3 is 4.90 Å². The molecule has 0 fully saturated rings. The van der Waals surface area contributed by atoms with Crippen molar-refractivity contribution in [3.8, 4) is 0 Å². The number of hydrogen-bond donors (Lipinski definition) is 0. The van der Waals surface area contributed by atoms with Gasteiger partial charge in [0, 0.05) is 34.3 Å². The Balaban J connectivity index is 1.30. The van der Waals surface area contributed by atoms with Crippen molar-refractivity contribution in [3.05, 3.63) is 136 Å². The Hall–Kier alpha value is -3.87. The molecule has 1 aliphatic heterocycles. The van der Waals surface area contributed by atoms with Crippen LogP contribution in [-0.4, -0.2) is 22.3 Å². The molecule has 0 bridgehead atoms. The highest BCUT2D eigenvalue weighted by molar-refractivity contribution is 8.03. The Morgan fingerprint density at radius 3 is 2.59 bits per heavy atom. The summed E-state index contributed by atoms with van der Waals surface area (Å²) in [4.78, 5) is 26.8. The van der Waals surface area contributed by atoms with Gasteiger partial charge in [-0.25, -0.2) is 9.97 Å². The first-order valence-electron chi connectivity index (χ1n) is 13.0. The molecule has 0 N–H and O–H groups in total. The lowest BCUT2D eigenvalue weighted by atomic mass is 10.0. The van der Waals surface area contributed by atoms with Gasteiger partial charge in [0.15, 0.2) is 10.9 Å². The van der Waals surface area contributed by atoms with Gasteiger partial charge in [0.25, 0.3) is 0 Å². The van der Waals surface area contributed by atoms with Gasteiger partial charge in [-0.15, -0.1) is 0 Å². The molecule has 4 nitrogen and oxygen atoms in total. The summed E-state index contributed by atoms with van der Waals surface area (Å²) in [5.74, 6) is 0.00631. The molecule has 0 saturated carbocycles. The van der Waals surface area contributed by atoms with Crippen LogP contribution in [-0.2, 0) is 0 Å². The van der Waals surface area contributed by atoms with Gasteiger partial charge >= 0.3 is 0 Å². The van der Waals surface area contributed by atoms with E-state index in [-0.39, 0.29) is 5.78 Å². The van der Waals surface area contributed by atoms with Crippen molar-refractivity contribution in [2.24, 2.45) is 0 Å². The van der Waals surface area contributed by atoms with E-state index in [2.05, 4.69) is 64.3 Å². The molecule has 0 spiro atoms. The van der Waals surface area contributed by atoms with Crippen LogP contribution in [0.4, 0.5) is 5.69 Å². The van der Waals surface area contributed by atoms with Gasteiger partial charge in [-0.1, -0.05) is 72.4 Å². The van der Waals surface area contributed by atoms with Crippen molar-refractivity contribution < 1.29 is 4.79 Å². The maximum absolute atomic E-state index is 13.1. The minimum atomic E-state index is 0.00631. The topological polar surface area (TPSA) is 46.1 Å². The third-order valence-electron chi connectivity index (χ3n) is 6.83. The predicted molar refractivity (Wildman–Crippen MR) is 163 cm³/mol. The van der Waals surface area contributed by atoms with Crippen LogP contribution in [0.15, 0.2) is 141 Å². The second kappa shape index (κ2) is 11.5. The molecule has 0 unspecified atom stereocenters. The third-order valence-corrected chi connectivity index (χ3v) is 9.08. The van der Waals surface area contributed by atoms with Crippen LogP contribution in [0.2, 0.25) is 0 Å². The zero-order chi connectivity index (χ0) is 26.6. The average molecular weight is 546 g/mol. The van der Waals surface area contributed by atoms with E-state index in [1.807, 2.05) is 48.5 Å². The van der Waals surface area contributed by atoms with Gasteiger partial charge in [-0.3, -0.25) is 4.79 Å². The van der Waals surface area contributed by atoms with E-state index in [0.29, 0.717) is 10.7 Å². The highest BCUT2D eigenvalue weighted by Crippen LogP contribution is 2.46. The van der Waals surface area contributed by atoms with E-state index in [4.69, 9.17) is 0 Å². The van der Waals surface area contributed by atoms with Crippen molar-refractivity contribution in [1.29, 1.82) is 0 Å². The Kier molecular flexibility index (Phi) is 7.48. The number of carbonyl (C=O) groups is 1. The standard InChI is InChI=1S/C33H27N3OS2/c1-2-36-28-10-5-6-11-30(28)38-31(36)19-17-25-14-13-24(32(25)39-33-34-20-7-21-35-33)16-18-29(37)27-15-12-23-8-3-4-9-26(23)22-27/h3-12,15-22H,2,13-14H2,1H3/b18-16+,25-17+,31-19-. The molecule has 0 saturated heterocycles. The molecule has 0 amide bonds. The minimum absolute atomic E-state index is 0.00631. The molecule has 6 rings (SSSR count). The van der Waals surface area contributed by atoms with Crippen molar-refractivity contribution in [2.45, 2.75) is 29.8 Å². The molecular formula is C33H27N3OS2. The zero-order valence-corrected chi connectivity index (χ0v) is 23.2. The van der Waals surface area contributed by atoms with E-state index in [0.717, 1.165) is 40.6 Å². The number of fused-ring (bicyclic) bond motifs is 2. The van der Waals surface area contributed by atoms with Gasteiger partial charge in [0.2, 0.25) is 0 Å². The van der Waals surface area contributed by atoms with Crippen LogP contribution in [0.1, 0.15) is 30.1 Å². The fourth-order valence-electron chi connectivity index (χ4n) is 4.87. The van der Waals surface area contributed by atoms with E-state index < -0.39 is 0 Å². The number of thioether (sulfide) groups is 2. The van der Waals surface area contributed by atoms with Crippen LogP contribution in [0.5, 0.6) is 0 Å². The molecule has 0 radical (unpaired) electrons. The van der Waals surface area contributed by atoms with Gasteiger partial charge in [-0.05, 0) is 89.9 Å². The second-order valence-corrected chi connectivity index (χ2v) is 11.3. The lowest BCUT2D eigenvalue weighted by molar-refractivity contribution is 0.104. The Morgan fingerprint density at radius 1 is 0.949 bits per heavy atom.